The molecule has 0 aromatic heterocycles. The Morgan fingerprint density at radius 3 is 1.92 bits per heavy atom. The zero-order valence-corrected chi connectivity index (χ0v) is 32.2. The van der Waals surface area contributed by atoms with E-state index in [1.54, 1.807) is 0 Å². The first-order chi connectivity index (χ1) is 27.7. The molecule has 4 aliphatic heterocycles. The van der Waals surface area contributed by atoms with Crippen LogP contribution in [0.3, 0.4) is 0 Å². The minimum absolute atomic E-state index is 0.175. The molecule has 2 amide bonds. The van der Waals surface area contributed by atoms with E-state index < -0.39 is 172 Å². The fourth-order valence-corrected chi connectivity index (χ4v) is 7.28. The second-order valence-electron chi connectivity index (χ2n) is 14.6. The van der Waals surface area contributed by atoms with Crippen LogP contribution in [0.5, 0.6) is 0 Å². The standard InChI is InChI=1S/C34H56N2O23/c1-5-6-52-30-19(36-13(4)41)28(57-31-24(48)23(47)20(44)11(2)53-31)26(17(10-39)55-30)56-32-25(49)29(22(46)16(9-38)54-32)59-34(33(50)51)7-14(42)18(35-12(3)40)27(58-34)21(45)15(43)8-37/h5,11,14-32,37-39,42-49H,1,6-10H2,2-4H3,(H,35,40)(H,36,41)(H,50,51)/t11-,14-,15+,16+,17+,18+,19+,20+,21+,22-,23+,24-,25+,26+,27+,28+,29-,30+,31-,32-,34-/m0/s1/i32+1. The summed E-state index contributed by atoms with van der Waals surface area (Å²) in [4.78, 5) is 37.4. The van der Waals surface area contributed by atoms with Crippen molar-refractivity contribution in [3.05, 3.63) is 12.7 Å². The van der Waals surface area contributed by atoms with Gasteiger partial charge in [0.2, 0.25) is 11.8 Å². The van der Waals surface area contributed by atoms with Gasteiger partial charge in [0.25, 0.3) is 5.79 Å². The molecular formula is C34H56N2O23. The summed E-state index contributed by atoms with van der Waals surface area (Å²) in [5.74, 6) is -6.59. The summed E-state index contributed by atoms with van der Waals surface area (Å²) < 4.78 is 46.4. The molecule has 0 saturated carbocycles. The molecule has 0 aromatic rings. The Morgan fingerprint density at radius 2 is 1.36 bits per heavy atom. The average molecular weight is 862 g/mol. The van der Waals surface area contributed by atoms with E-state index in [1.807, 2.05) is 0 Å². The number of carboxylic acid groups (broad SMARTS) is 1. The van der Waals surface area contributed by atoms with Gasteiger partial charge in [-0.1, -0.05) is 6.08 Å². The van der Waals surface area contributed by atoms with Crippen LogP contribution in [0.2, 0.25) is 0 Å². The van der Waals surface area contributed by atoms with E-state index in [2.05, 4.69) is 17.2 Å². The predicted molar refractivity (Wildman–Crippen MR) is 187 cm³/mol. The van der Waals surface area contributed by atoms with Crippen molar-refractivity contribution in [3.8, 4) is 0 Å². The van der Waals surface area contributed by atoms with Gasteiger partial charge in [-0.2, -0.15) is 0 Å². The largest absolute Gasteiger partial charge is 0.477 e. The minimum atomic E-state index is -3.11. The number of aliphatic carboxylic acids is 1. The minimum Gasteiger partial charge on any atom is -0.477 e. The van der Waals surface area contributed by atoms with Crippen molar-refractivity contribution in [2.45, 2.75) is 155 Å². The predicted octanol–water partition coefficient (Wildman–Crippen LogP) is -8.02. The number of nitrogens with one attached hydrogen (secondary N) is 2. The Morgan fingerprint density at radius 1 is 0.780 bits per heavy atom. The monoisotopic (exact) mass is 861 g/mol. The third-order valence-corrected chi connectivity index (χ3v) is 10.3. The SMILES string of the molecule is C=CCO[C@@H]1O[C@H](CO)[C@@H](O[13C@@H]2O[C@H](CO)[C@H](O)[C@H](O[C@]3(C(=O)O)C[C@H](O)[C@@H](NC(C)=O)[C@H]([C@H](O)[C@H](O)CO)O3)[C@H]2O)[C@H](O[C@@H]2O[C@@H](C)[C@@H](O)[C@@H](O)[C@@H]2O)[C@H]1NC(C)=O. The number of carboxylic acids is 1. The number of rotatable bonds is 17. The lowest BCUT2D eigenvalue weighted by Crippen LogP contribution is -2.71. The molecular weight excluding hydrogens is 805 g/mol. The van der Waals surface area contributed by atoms with Crippen LogP contribution in [0.1, 0.15) is 27.2 Å². The van der Waals surface area contributed by atoms with Crippen molar-refractivity contribution in [3.63, 3.8) is 0 Å². The van der Waals surface area contributed by atoms with Gasteiger partial charge in [0, 0.05) is 20.3 Å². The fraction of sp³-hybridized carbons (Fsp3) is 0.853. The van der Waals surface area contributed by atoms with Crippen LogP contribution >= 0.6 is 0 Å². The number of ether oxygens (including phenoxy) is 8. The number of hydrogen-bond acceptors (Lipinski definition) is 22. The molecule has 4 heterocycles. The van der Waals surface area contributed by atoms with Crippen molar-refractivity contribution in [1.82, 2.24) is 10.6 Å². The first-order valence-electron chi connectivity index (χ1n) is 18.7. The molecule has 0 spiro atoms. The van der Waals surface area contributed by atoms with Crippen molar-refractivity contribution >= 4 is 17.8 Å². The number of carbonyl (C=O) groups is 3. The van der Waals surface area contributed by atoms with Crippen LogP contribution in [0.15, 0.2) is 12.7 Å². The van der Waals surface area contributed by atoms with E-state index in [0.717, 1.165) is 13.8 Å². The van der Waals surface area contributed by atoms with Gasteiger partial charge < -0.3 is 110 Å². The van der Waals surface area contributed by atoms with Gasteiger partial charge in [-0.15, -0.1) is 6.58 Å². The summed E-state index contributed by atoms with van der Waals surface area (Å²) in [7, 11) is 0. The molecule has 25 nitrogen and oxygen atoms in total. The zero-order valence-electron chi connectivity index (χ0n) is 32.2. The van der Waals surface area contributed by atoms with Crippen molar-refractivity contribution in [2.75, 3.05) is 26.4 Å². The molecule has 14 N–H and O–H groups in total. The molecule has 25 heteroatoms. The molecule has 4 rings (SSSR count). The summed E-state index contributed by atoms with van der Waals surface area (Å²) in [5, 5.41) is 132. The lowest BCUT2D eigenvalue weighted by molar-refractivity contribution is -0.391. The van der Waals surface area contributed by atoms with Crippen LogP contribution in [-0.4, -0.2) is 234 Å². The second kappa shape index (κ2) is 21.0. The van der Waals surface area contributed by atoms with Gasteiger partial charge >= 0.3 is 5.97 Å². The Bertz CT molecular complexity index is 1420. The van der Waals surface area contributed by atoms with Crippen molar-refractivity contribution < 1.29 is 114 Å². The highest BCUT2D eigenvalue weighted by Gasteiger charge is 2.61. The molecule has 4 aliphatic rings. The third-order valence-electron chi connectivity index (χ3n) is 10.3. The Labute approximate surface area is 336 Å². The average Bonchev–Trinajstić information content (AvgIpc) is 3.19. The normalized spacial score (nSPS) is 43.9. The Kier molecular flexibility index (Phi) is 17.4. The summed E-state index contributed by atoms with van der Waals surface area (Å²) >= 11 is 0. The van der Waals surface area contributed by atoms with Gasteiger partial charge in [-0.3, -0.25) is 9.59 Å². The van der Waals surface area contributed by atoms with Crippen LogP contribution in [-0.2, 0) is 52.3 Å². The number of carbonyl (C=O) groups excluding carboxylic acids is 2. The fourth-order valence-electron chi connectivity index (χ4n) is 7.28. The Hall–Kier alpha value is -2.61. The highest BCUT2D eigenvalue weighted by molar-refractivity contribution is 5.76. The van der Waals surface area contributed by atoms with E-state index in [4.69, 9.17) is 37.9 Å². The number of aliphatic hydroxyl groups is 11. The van der Waals surface area contributed by atoms with E-state index in [0.29, 0.717) is 0 Å². The summed E-state index contributed by atoms with van der Waals surface area (Å²) in [6.07, 6.45) is -32.9. The van der Waals surface area contributed by atoms with E-state index in [9.17, 15) is 75.7 Å². The van der Waals surface area contributed by atoms with Gasteiger partial charge in [-0.25, -0.2) is 4.79 Å². The Balaban J connectivity index is 1.74. The van der Waals surface area contributed by atoms with Gasteiger partial charge in [0.15, 0.2) is 18.9 Å². The molecule has 21 atom stereocenters. The van der Waals surface area contributed by atoms with E-state index >= 15 is 0 Å². The maximum Gasteiger partial charge on any atom is 0.364 e. The zero-order chi connectivity index (χ0) is 44.1. The molecule has 4 fully saturated rings. The van der Waals surface area contributed by atoms with Crippen LogP contribution in [0, 0.1) is 0 Å². The van der Waals surface area contributed by atoms with Crippen LogP contribution < -0.4 is 10.6 Å². The molecule has 0 radical (unpaired) electrons. The number of amides is 2. The first-order valence-corrected chi connectivity index (χ1v) is 18.7. The third kappa shape index (κ3) is 10.9. The molecule has 0 aromatic carbocycles. The maximum absolute atomic E-state index is 12.9. The number of aliphatic hydroxyl groups excluding tert-OH is 11. The maximum atomic E-state index is 12.9. The lowest BCUT2D eigenvalue weighted by atomic mass is 9.88. The van der Waals surface area contributed by atoms with Gasteiger partial charge in [0.1, 0.15) is 85.4 Å². The summed E-state index contributed by atoms with van der Waals surface area (Å²) in [6, 6.07) is -3.02. The van der Waals surface area contributed by atoms with Crippen LogP contribution in [0.25, 0.3) is 0 Å². The topological polar surface area (TPSA) is 392 Å². The quantitative estimate of drug-likeness (QED) is 0.0477. The summed E-state index contributed by atoms with van der Waals surface area (Å²) in [6.45, 7) is 3.86. The highest BCUT2D eigenvalue weighted by Crippen LogP contribution is 2.39. The first kappa shape index (κ1) is 49.0. The molecule has 0 bridgehead atoms. The molecule has 0 unspecified atom stereocenters. The van der Waals surface area contributed by atoms with E-state index in [1.165, 1.54) is 13.0 Å². The van der Waals surface area contributed by atoms with Crippen molar-refractivity contribution in [2.24, 2.45) is 0 Å². The highest BCUT2D eigenvalue weighted by atomic mass is 16.8. The van der Waals surface area contributed by atoms with Crippen LogP contribution in [0.4, 0.5) is 0 Å². The van der Waals surface area contributed by atoms with Gasteiger partial charge in [0.05, 0.1) is 44.7 Å². The molecule has 59 heavy (non-hydrogen) atoms. The lowest BCUT2D eigenvalue weighted by Gasteiger charge is -2.51. The number of hydrogen-bond donors (Lipinski definition) is 14. The molecule has 4 saturated heterocycles. The van der Waals surface area contributed by atoms with Crippen molar-refractivity contribution in [1.29, 1.82) is 0 Å². The smallest absolute Gasteiger partial charge is 0.364 e. The molecule has 340 valence electrons. The second-order valence-corrected chi connectivity index (χ2v) is 14.6. The molecule has 0 aliphatic carbocycles. The summed E-state index contributed by atoms with van der Waals surface area (Å²) in [5.41, 5.74) is 0. The van der Waals surface area contributed by atoms with E-state index in [-0.39, 0.29) is 6.61 Å². The van der Waals surface area contributed by atoms with Gasteiger partial charge in [-0.05, 0) is 6.92 Å².